The number of rotatable bonds is 4. The van der Waals surface area contributed by atoms with Crippen molar-refractivity contribution in [2.24, 2.45) is 7.05 Å². The topological polar surface area (TPSA) is 41.3 Å². The number of aromatic nitrogens is 2. The molecule has 18 heavy (non-hydrogen) atoms. The molecule has 5 heteroatoms. The SMILES string of the molecule is CN(Cc1cnn(C)c1)c1ccc(F)cc1CO. The first-order valence-corrected chi connectivity index (χ1v) is 5.68. The summed E-state index contributed by atoms with van der Waals surface area (Å²) in [6.07, 6.45) is 3.72. The molecule has 4 nitrogen and oxygen atoms in total. The summed E-state index contributed by atoms with van der Waals surface area (Å²) in [5.41, 5.74) is 2.47. The second-order valence-electron chi connectivity index (χ2n) is 4.31. The van der Waals surface area contributed by atoms with Crippen LogP contribution in [0.5, 0.6) is 0 Å². The molecule has 0 spiro atoms. The van der Waals surface area contributed by atoms with Crippen molar-refractivity contribution in [2.45, 2.75) is 13.2 Å². The van der Waals surface area contributed by atoms with Gasteiger partial charge in [0, 0.05) is 43.7 Å². The van der Waals surface area contributed by atoms with Gasteiger partial charge in [-0.1, -0.05) is 0 Å². The fourth-order valence-electron chi connectivity index (χ4n) is 1.97. The van der Waals surface area contributed by atoms with Gasteiger partial charge in [0.1, 0.15) is 5.82 Å². The Kier molecular flexibility index (Phi) is 3.62. The van der Waals surface area contributed by atoms with Crippen LogP contribution < -0.4 is 4.90 Å². The molecular formula is C13H16FN3O. The standard InChI is InChI=1S/C13H16FN3O/c1-16(7-10-6-15-17(2)8-10)13-4-3-12(14)5-11(13)9-18/h3-6,8,18H,7,9H2,1-2H3. The average molecular weight is 249 g/mol. The molecule has 1 heterocycles. The second-order valence-corrected chi connectivity index (χ2v) is 4.31. The lowest BCUT2D eigenvalue weighted by molar-refractivity contribution is 0.281. The van der Waals surface area contributed by atoms with Gasteiger partial charge in [0.05, 0.1) is 12.8 Å². The molecule has 2 aromatic rings. The minimum absolute atomic E-state index is 0.176. The Hall–Kier alpha value is -1.88. The minimum atomic E-state index is -0.336. The van der Waals surface area contributed by atoms with E-state index in [1.165, 1.54) is 12.1 Å². The largest absolute Gasteiger partial charge is 0.392 e. The van der Waals surface area contributed by atoms with Crippen molar-refractivity contribution in [3.05, 3.63) is 47.5 Å². The van der Waals surface area contributed by atoms with Crippen LogP contribution in [-0.2, 0) is 20.2 Å². The summed E-state index contributed by atoms with van der Waals surface area (Å²) in [7, 11) is 3.76. The molecule has 0 saturated carbocycles. The summed E-state index contributed by atoms with van der Waals surface area (Å²) < 4.78 is 14.8. The molecule has 1 aromatic heterocycles. The zero-order chi connectivity index (χ0) is 13.1. The molecule has 0 aliphatic rings. The third-order valence-corrected chi connectivity index (χ3v) is 2.80. The number of hydrogen-bond acceptors (Lipinski definition) is 3. The van der Waals surface area contributed by atoms with Gasteiger partial charge in [-0.3, -0.25) is 4.68 Å². The maximum atomic E-state index is 13.1. The summed E-state index contributed by atoms with van der Waals surface area (Å²) in [5.74, 6) is -0.336. The number of nitrogens with zero attached hydrogens (tertiary/aromatic N) is 3. The lowest BCUT2D eigenvalue weighted by atomic mass is 10.1. The van der Waals surface area contributed by atoms with E-state index in [4.69, 9.17) is 0 Å². The second kappa shape index (κ2) is 5.18. The van der Waals surface area contributed by atoms with Crippen molar-refractivity contribution >= 4 is 5.69 Å². The van der Waals surface area contributed by atoms with Gasteiger partial charge < -0.3 is 10.0 Å². The number of hydrogen-bond donors (Lipinski definition) is 1. The molecule has 0 amide bonds. The maximum Gasteiger partial charge on any atom is 0.123 e. The molecule has 1 N–H and O–H groups in total. The smallest absolute Gasteiger partial charge is 0.123 e. The fraction of sp³-hybridized carbons (Fsp3) is 0.308. The number of aryl methyl sites for hydroxylation is 1. The van der Waals surface area contributed by atoms with Crippen molar-refractivity contribution in [2.75, 3.05) is 11.9 Å². The van der Waals surface area contributed by atoms with Gasteiger partial charge in [0.25, 0.3) is 0 Å². The van der Waals surface area contributed by atoms with Crippen LogP contribution in [0.15, 0.2) is 30.6 Å². The number of aliphatic hydroxyl groups is 1. The van der Waals surface area contributed by atoms with Crippen molar-refractivity contribution in [3.63, 3.8) is 0 Å². The lowest BCUT2D eigenvalue weighted by Crippen LogP contribution is -2.17. The van der Waals surface area contributed by atoms with Gasteiger partial charge in [0.2, 0.25) is 0 Å². The normalized spacial score (nSPS) is 10.7. The van der Waals surface area contributed by atoms with Crippen LogP contribution in [0, 0.1) is 5.82 Å². The first-order valence-electron chi connectivity index (χ1n) is 5.68. The van der Waals surface area contributed by atoms with E-state index in [0.717, 1.165) is 11.3 Å². The molecule has 96 valence electrons. The van der Waals surface area contributed by atoms with Gasteiger partial charge >= 0.3 is 0 Å². The first kappa shape index (κ1) is 12.6. The highest BCUT2D eigenvalue weighted by molar-refractivity contribution is 5.53. The van der Waals surface area contributed by atoms with Crippen molar-refractivity contribution in [1.82, 2.24) is 9.78 Å². The number of halogens is 1. The molecule has 0 unspecified atom stereocenters. The van der Waals surface area contributed by atoms with Gasteiger partial charge in [0.15, 0.2) is 0 Å². The quantitative estimate of drug-likeness (QED) is 0.896. The highest BCUT2D eigenvalue weighted by Gasteiger charge is 2.09. The van der Waals surface area contributed by atoms with E-state index in [9.17, 15) is 9.50 Å². The van der Waals surface area contributed by atoms with Gasteiger partial charge in [-0.05, 0) is 18.2 Å². The van der Waals surface area contributed by atoms with E-state index >= 15 is 0 Å². The Bertz CT molecular complexity index is 539. The van der Waals surface area contributed by atoms with Crippen LogP contribution in [0.2, 0.25) is 0 Å². The molecular weight excluding hydrogens is 233 g/mol. The first-order chi connectivity index (χ1) is 8.60. The maximum absolute atomic E-state index is 13.1. The Morgan fingerprint density at radius 1 is 1.44 bits per heavy atom. The van der Waals surface area contributed by atoms with Crippen LogP contribution in [0.4, 0.5) is 10.1 Å². The van der Waals surface area contributed by atoms with Crippen molar-refractivity contribution in [1.29, 1.82) is 0 Å². The van der Waals surface area contributed by atoms with E-state index in [1.54, 1.807) is 16.9 Å². The van der Waals surface area contributed by atoms with Crippen LogP contribution in [0.1, 0.15) is 11.1 Å². The van der Waals surface area contributed by atoms with E-state index < -0.39 is 0 Å². The molecule has 1 aromatic carbocycles. The lowest BCUT2D eigenvalue weighted by Gasteiger charge is -2.21. The predicted molar refractivity (Wildman–Crippen MR) is 67.6 cm³/mol. The third kappa shape index (κ3) is 2.68. The number of benzene rings is 1. The monoisotopic (exact) mass is 249 g/mol. The highest BCUT2D eigenvalue weighted by Crippen LogP contribution is 2.22. The van der Waals surface area contributed by atoms with Crippen LogP contribution in [-0.4, -0.2) is 21.9 Å². The Labute approximate surface area is 105 Å². The zero-order valence-electron chi connectivity index (χ0n) is 10.5. The summed E-state index contributed by atoms with van der Waals surface area (Å²) in [4.78, 5) is 1.96. The molecule has 0 saturated heterocycles. The van der Waals surface area contributed by atoms with Gasteiger partial charge in [-0.25, -0.2) is 4.39 Å². The van der Waals surface area contributed by atoms with E-state index in [0.29, 0.717) is 12.1 Å². The number of aliphatic hydroxyl groups excluding tert-OH is 1. The van der Waals surface area contributed by atoms with E-state index in [2.05, 4.69) is 5.10 Å². The highest BCUT2D eigenvalue weighted by atomic mass is 19.1. The molecule has 0 aliphatic carbocycles. The number of anilines is 1. The molecule has 0 bridgehead atoms. The average Bonchev–Trinajstić information content (AvgIpc) is 2.74. The van der Waals surface area contributed by atoms with Crippen LogP contribution >= 0.6 is 0 Å². The van der Waals surface area contributed by atoms with Crippen LogP contribution in [0.3, 0.4) is 0 Å². The Balaban J connectivity index is 2.20. The van der Waals surface area contributed by atoms with Gasteiger partial charge in [-0.2, -0.15) is 5.10 Å². The predicted octanol–water partition coefficient (Wildman–Crippen LogP) is 1.69. The van der Waals surface area contributed by atoms with Crippen LogP contribution in [0.25, 0.3) is 0 Å². The summed E-state index contributed by atoms with van der Waals surface area (Å²) in [6.45, 7) is 0.483. The zero-order valence-corrected chi connectivity index (χ0v) is 10.5. The van der Waals surface area contributed by atoms with Crippen molar-refractivity contribution < 1.29 is 9.50 Å². The Morgan fingerprint density at radius 2 is 2.22 bits per heavy atom. The summed E-state index contributed by atoms with van der Waals surface area (Å²) >= 11 is 0. The molecule has 0 atom stereocenters. The Morgan fingerprint density at radius 3 is 2.83 bits per heavy atom. The van der Waals surface area contributed by atoms with Crippen molar-refractivity contribution in [3.8, 4) is 0 Å². The molecule has 0 aliphatic heterocycles. The third-order valence-electron chi connectivity index (χ3n) is 2.80. The summed E-state index contributed by atoms with van der Waals surface area (Å²) in [5, 5.41) is 13.4. The van der Waals surface area contributed by atoms with E-state index in [-0.39, 0.29) is 12.4 Å². The molecule has 2 rings (SSSR count). The van der Waals surface area contributed by atoms with Gasteiger partial charge in [-0.15, -0.1) is 0 Å². The minimum Gasteiger partial charge on any atom is -0.392 e. The fourth-order valence-corrected chi connectivity index (χ4v) is 1.97. The summed E-state index contributed by atoms with van der Waals surface area (Å²) in [6, 6.07) is 4.43. The molecule has 0 radical (unpaired) electrons. The molecule has 0 fully saturated rings. The van der Waals surface area contributed by atoms with E-state index in [1.807, 2.05) is 25.2 Å².